The average molecular weight is 246 g/mol. The minimum absolute atomic E-state index is 0.256. The van der Waals surface area contributed by atoms with Crippen molar-refractivity contribution in [1.82, 2.24) is 20.2 Å². The maximum absolute atomic E-state index is 9.81. The van der Waals surface area contributed by atoms with Gasteiger partial charge < -0.3 is 5.11 Å². The Morgan fingerprint density at radius 2 is 1.94 bits per heavy atom. The van der Waals surface area contributed by atoms with Gasteiger partial charge in [0, 0.05) is 6.42 Å². The van der Waals surface area contributed by atoms with Gasteiger partial charge in [-0.3, -0.25) is 0 Å². The Balaban J connectivity index is 2.09. The smallest absolute Gasteiger partial charge is 0.156 e. The summed E-state index contributed by atoms with van der Waals surface area (Å²) in [5.74, 6) is 1.03. The van der Waals surface area contributed by atoms with Crippen LogP contribution in [0.3, 0.4) is 0 Å². The highest BCUT2D eigenvalue weighted by Crippen LogP contribution is 2.12. The Hall–Kier alpha value is -1.75. The second-order valence-corrected chi connectivity index (χ2v) is 4.69. The van der Waals surface area contributed by atoms with Crippen molar-refractivity contribution in [3.05, 3.63) is 36.2 Å². The number of aromatic nitrogens is 4. The van der Waals surface area contributed by atoms with Gasteiger partial charge in [-0.05, 0) is 34.9 Å². The van der Waals surface area contributed by atoms with E-state index in [4.69, 9.17) is 0 Å². The van der Waals surface area contributed by atoms with Crippen molar-refractivity contribution in [1.29, 1.82) is 0 Å². The van der Waals surface area contributed by atoms with Crippen molar-refractivity contribution in [2.45, 2.75) is 32.8 Å². The van der Waals surface area contributed by atoms with Gasteiger partial charge in [0.15, 0.2) is 5.82 Å². The maximum atomic E-state index is 9.81. The third-order valence-corrected chi connectivity index (χ3v) is 2.97. The molecule has 0 aliphatic heterocycles. The van der Waals surface area contributed by atoms with Gasteiger partial charge in [0.05, 0.1) is 11.8 Å². The molecule has 1 aromatic carbocycles. The van der Waals surface area contributed by atoms with E-state index in [1.165, 1.54) is 0 Å². The van der Waals surface area contributed by atoms with E-state index in [0.717, 1.165) is 11.5 Å². The molecule has 0 aliphatic carbocycles. The first-order valence-electron chi connectivity index (χ1n) is 6.19. The van der Waals surface area contributed by atoms with Gasteiger partial charge in [-0.25, -0.2) is 0 Å². The van der Waals surface area contributed by atoms with Gasteiger partial charge in [0.2, 0.25) is 0 Å². The standard InChI is InChI=1S/C13H18N4O/c1-10(2)12(18)8-9-13-14-15-16-17(13)11-6-4-3-5-7-11/h3-7,10,12,18H,8-9H2,1-2H3. The molecule has 0 radical (unpaired) electrons. The van der Waals surface area contributed by atoms with E-state index < -0.39 is 0 Å². The van der Waals surface area contributed by atoms with E-state index >= 15 is 0 Å². The summed E-state index contributed by atoms with van der Waals surface area (Å²) in [5, 5.41) is 21.5. The van der Waals surface area contributed by atoms with E-state index in [0.29, 0.717) is 12.8 Å². The van der Waals surface area contributed by atoms with Gasteiger partial charge in [-0.2, -0.15) is 4.68 Å². The second-order valence-electron chi connectivity index (χ2n) is 4.69. The molecule has 1 N–H and O–H groups in total. The average Bonchev–Trinajstić information content (AvgIpc) is 2.85. The fraction of sp³-hybridized carbons (Fsp3) is 0.462. The van der Waals surface area contributed by atoms with Crippen molar-refractivity contribution in [2.75, 3.05) is 0 Å². The second kappa shape index (κ2) is 5.73. The van der Waals surface area contributed by atoms with Gasteiger partial charge in [0.25, 0.3) is 0 Å². The lowest BCUT2D eigenvalue weighted by Crippen LogP contribution is -2.16. The highest BCUT2D eigenvalue weighted by molar-refractivity contribution is 5.30. The Morgan fingerprint density at radius 3 is 2.61 bits per heavy atom. The number of aliphatic hydroxyl groups excluding tert-OH is 1. The lowest BCUT2D eigenvalue weighted by Gasteiger charge is -2.13. The summed E-state index contributed by atoms with van der Waals surface area (Å²) in [6.07, 6.45) is 1.03. The molecule has 1 unspecified atom stereocenters. The minimum atomic E-state index is -0.314. The number of aliphatic hydroxyl groups is 1. The largest absolute Gasteiger partial charge is 0.393 e. The summed E-state index contributed by atoms with van der Waals surface area (Å²) < 4.78 is 1.72. The topological polar surface area (TPSA) is 63.8 Å². The van der Waals surface area contributed by atoms with Crippen molar-refractivity contribution in [3.8, 4) is 5.69 Å². The van der Waals surface area contributed by atoms with E-state index in [9.17, 15) is 5.11 Å². The first kappa shape index (κ1) is 12.7. The Bertz CT molecular complexity index is 481. The quantitative estimate of drug-likeness (QED) is 0.870. The number of aryl methyl sites for hydroxylation is 1. The molecule has 0 saturated heterocycles. The predicted octanol–water partition coefficient (Wildman–Crippen LogP) is 1.61. The Labute approximate surface area is 106 Å². The molecule has 0 saturated carbocycles. The van der Waals surface area contributed by atoms with E-state index in [-0.39, 0.29) is 12.0 Å². The number of rotatable bonds is 5. The fourth-order valence-corrected chi connectivity index (χ4v) is 1.74. The molecule has 2 aromatic rings. The molecular weight excluding hydrogens is 228 g/mol. The van der Waals surface area contributed by atoms with Crippen molar-refractivity contribution >= 4 is 0 Å². The monoisotopic (exact) mass is 246 g/mol. The molecule has 1 aromatic heterocycles. The highest BCUT2D eigenvalue weighted by Gasteiger charge is 2.13. The number of hydrogen-bond donors (Lipinski definition) is 1. The lowest BCUT2D eigenvalue weighted by molar-refractivity contribution is 0.116. The third kappa shape index (κ3) is 2.92. The van der Waals surface area contributed by atoms with Crippen LogP contribution in [0.5, 0.6) is 0 Å². The molecule has 2 rings (SSSR count). The predicted molar refractivity (Wildman–Crippen MR) is 68.3 cm³/mol. The first-order valence-corrected chi connectivity index (χ1v) is 6.19. The summed E-state index contributed by atoms with van der Waals surface area (Å²) in [7, 11) is 0. The molecule has 5 heteroatoms. The van der Waals surface area contributed by atoms with Gasteiger partial charge in [-0.15, -0.1) is 5.10 Å². The van der Waals surface area contributed by atoms with Crippen LogP contribution in [0.25, 0.3) is 5.69 Å². The summed E-state index contributed by atoms with van der Waals surface area (Å²) in [6, 6.07) is 9.76. The third-order valence-electron chi connectivity index (χ3n) is 2.97. The van der Waals surface area contributed by atoms with Gasteiger partial charge in [0.1, 0.15) is 0 Å². The molecule has 0 aliphatic rings. The number of benzene rings is 1. The number of tetrazole rings is 1. The van der Waals surface area contributed by atoms with Gasteiger partial charge in [-0.1, -0.05) is 32.0 Å². The molecule has 0 fully saturated rings. The van der Waals surface area contributed by atoms with Crippen molar-refractivity contribution in [3.63, 3.8) is 0 Å². The van der Waals surface area contributed by atoms with Gasteiger partial charge >= 0.3 is 0 Å². The molecule has 0 amide bonds. The van der Waals surface area contributed by atoms with Crippen LogP contribution in [-0.2, 0) is 6.42 Å². The van der Waals surface area contributed by atoms with Crippen LogP contribution in [0.4, 0.5) is 0 Å². The molecule has 1 heterocycles. The van der Waals surface area contributed by atoms with Crippen LogP contribution in [0.15, 0.2) is 30.3 Å². The normalized spacial score (nSPS) is 12.9. The number of hydrogen-bond acceptors (Lipinski definition) is 4. The van der Waals surface area contributed by atoms with Crippen LogP contribution in [-0.4, -0.2) is 31.4 Å². The summed E-state index contributed by atoms with van der Waals surface area (Å²) in [5.41, 5.74) is 0.941. The first-order chi connectivity index (χ1) is 8.68. The SMILES string of the molecule is CC(C)C(O)CCc1nnnn1-c1ccccc1. The molecule has 0 spiro atoms. The molecule has 1 atom stereocenters. The van der Waals surface area contributed by atoms with E-state index in [1.807, 2.05) is 44.2 Å². The molecule has 96 valence electrons. The molecular formula is C13H18N4O. The zero-order valence-electron chi connectivity index (χ0n) is 10.7. The molecule has 5 nitrogen and oxygen atoms in total. The summed E-state index contributed by atoms with van der Waals surface area (Å²) in [4.78, 5) is 0. The number of para-hydroxylation sites is 1. The highest BCUT2D eigenvalue weighted by atomic mass is 16.3. The molecule has 0 bridgehead atoms. The van der Waals surface area contributed by atoms with E-state index in [2.05, 4.69) is 15.5 Å². The molecule has 18 heavy (non-hydrogen) atoms. The van der Waals surface area contributed by atoms with Crippen LogP contribution < -0.4 is 0 Å². The summed E-state index contributed by atoms with van der Waals surface area (Å²) in [6.45, 7) is 4.01. The van der Waals surface area contributed by atoms with Crippen LogP contribution >= 0.6 is 0 Å². The van der Waals surface area contributed by atoms with Crippen LogP contribution in [0.1, 0.15) is 26.1 Å². The Kier molecular flexibility index (Phi) is 4.04. The maximum Gasteiger partial charge on any atom is 0.156 e. The fourth-order valence-electron chi connectivity index (χ4n) is 1.74. The number of nitrogens with zero attached hydrogens (tertiary/aromatic N) is 4. The van der Waals surface area contributed by atoms with Crippen LogP contribution in [0, 0.1) is 5.92 Å². The summed E-state index contributed by atoms with van der Waals surface area (Å²) >= 11 is 0. The zero-order chi connectivity index (χ0) is 13.0. The van der Waals surface area contributed by atoms with E-state index in [1.54, 1.807) is 4.68 Å². The Morgan fingerprint density at radius 1 is 1.22 bits per heavy atom. The lowest BCUT2D eigenvalue weighted by atomic mass is 10.0. The van der Waals surface area contributed by atoms with Crippen molar-refractivity contribution in [2.24, 2.45) is 5.92 Å². The zero-order valence-corrected chi connectivity index (χ0v) is 10.7. The minimum Gasteiger partial charge on any atom is -0.393 e. The van der Waals surface area contributed by atoms with Crippen LogP contribution in [0.2, 0.25) is 0 Å². The van der Waals surface area contributed by atoms with Crippen molar-refractivity contribution < 1.29 is 5.11 Å².